The monoisotopic (exact) mass is 431 g/mol. The summed E-state index contributed by atoms with van der Waals surface area (Å²) in [4.78, 5) is 25.4. The van der Waals surface area contributed by atoms with Gasteiger partial charge in [0.1, 0.15) is 11.3 Å². The van der Waals surface area contributed by atoms with E-state index in [0.29, 0.717) is 33.7 Å². The Labute approximate surface area is 185 Å². The molecule has 32 heavy (non-hydrogen) atoms. The molecule has 7 heteroatoms. The molecule has 4 rings (SSSR count). The number of carbonyl (C=O) groups excluding carboxylic acids is 1. The number of benzene rings is 2. The van der Waals surface area contributed by atoms with Crippen LogP contribution in [0.5, 0.6) is 5.75 Å². The molecule has 0 aliphatic rings. The highest BCUT2D eigenvalue weighted by atomic mass is 16.5. The third kappa shape index (κ3) is 4.01. The van der Waals surface area contributed by atoms with Crippen LogP contribution >= 0.6 is 0 Å². The van der Waals surface area contributed by atoms with Gasteiger partial charge in [-0.15, -0.1) is 5.10 Å². The fraction of sp³-hybridized carbons (Fsp3) is 0.240. The second-order valence-corrected chi connectivity index (χ2v) is 7.98. The highest BCUT2D eigenvalue weighted by Gasteiger charge is 2.19. The number of methoxy groups -OCH3 is 1. The molecule has 7 nitrogen and oxygen atoms in total. The van der Waals surface area contributed by atoms with Crippen LogP contribution in [0.3, 0.4) is 0 Å². The topological polar surface area (TPSA) is 86.4 Å². The molecule has 0 fully saturated rings. The summed E-state index contributed by atoms with van der Waals surface area (Å²) in [7, 11) is 1.57. The smallest absolute Gasteiger partial charge is 0.340 e. The van der Waals surface area contributed by atoms with E-state index in [0.717, 1.165) is 22.5 Å². The van der Waals surface area contributed by atoms with Gasteiger partial charge in [-0.3, -0.25) is 4.79 Å². The predicted octanol–water partition coefficient (Wildman–Crippen LogP) is 4.40. The van der Waals surface area contributed by atoms with Crippen LogP contribution in [0.15, 0.2) is 51.7 Å². The summed E-state index contributed by atoms with van der Waals surface area (Å²) in [5.74, 6) is 0.680. The maximum atomic E-state index is 12.8. The van der Waals surface area contributed by atoms with Gasteiger partial charge in [-0.25, -0.2) is 9.48 Å². The molecule has 2 aromatic carbocycles. The first-order valence-corrected chi connectivity index (χ1v) is 10.3. The highest BCUT2D eigenvalue weighted by molar-refractivity contribution is 5.94. The molecule has 0 saturated heterocycles. The predicted molar refractivity (Wildman–Crippen MR) is 124 cm³/mol. The summed E-state index contributed by atoms with van der Waals surface area (Å²) in [6.07, 6.45) is -0.127. The molecule has 2 heterocycles. The van der Waals surface area contributed by atoms with Crippen LogP contribution in [0.1, 0.15) is 27.9 Å². The molecule has 0 spiro atoms. The van der Waals surface area contributed by atoms with Crippen LogP contribution in [0, 0.1) is 27.7 Å². The quantitative estimate of drug-likeness (QED) is 0.473. The van der Waals surface area contributed by atoms with Gasteiger partial charge < -0.3 is 14.5 Å². The van der Waals surface area contributed by atoms with Gasteiger partial charge in [-0.05, 0) is 63.1 Å². The lowest BCUT2D eigenvalue weighted by Gasteiger charge is -2.12. The lowest BCUT2D eigenvalue weighted by Crippen LogP contribution is -2.21. The van der Waals surface area contributed by atoms with Gasteiger partial charge in [0.15, 0.2) is 5.82 Å². The molecular weight excluding hydrogens is 406 g/mol. The normalized spacial score (nSPS) is 11.0. The summed E-state index contributed by atoms with van der Waals surface area (Å²) in [6.45, 7) is 7.64. The molecule has 4 aromatic rings. The number of amides is 1. The van der Waals surface area contributed by atoms with Crippen molar-refractivity contribution in [1.29, 1.82) is 0 Å². The number of hydrogen-bond acceptors (Lipinski definition) is 5. The fourth-order valence-corrected chi connectivity index (χ4v) is 3.83. The number of aryl methyl sites for hydroxylation is 4. The number of ether oxygens (including phenoxy) is 1. The third-order valence-electron chi connectivity index (χ3n) is 5.48. The molecule has 0 saturated carbocycles. The molecule has 1 N–H and O–H groups in total. The largest absolute Gasteiger partial charge is 0.496 e. The molecule has 0 aliphatic heterocycles. The summed E-state index contributed by atoms with van der Waals surface area (Å²) < 4.78 is 12.7. The van der Waals surface area contributed by atoms with Gasteiger partial charge >= 0.3 is 5.63 Å². The summed E-state index contributed by atoms with van der Waals surface area (Å²) in [5.41, 5.74) is 4.75. The second-order valence-electron chi connectivity index (χ2n) is 7.98. The van der Waals surface area contributed by atoms with E-state index in [4.69, 9.17) is 9.15 Å². The van der Waals surface area contributed by atoms with Crippen molar-refractivity contribution in [1.82, 2.24) is 9.78 Å². The Kier molecular flexibility index (Phi) is 5.57. The zero-order chi connectivity index (χ0) is 23.0. The van der Waals surface area contributed by atoms with Crippen LogP contribution in [0.4, 0.5) is 5.82 Å². The van der Waals surface area contributed by atoms with Gasteiger partial charge in [-0.2, -0.15) is 0 Å². The number of nitrogens with one attached hydrogen (secondary N) is 1. The van der Waals surface area contributed by atoms with E-state index in [1.807, 2.05) is 51.1 Å². The number of fused-ring (bicyclic) bond motifs is 1. The molecule has 164 valence electrons. The van der Waals surface area contributed by atoms with Crippen molar-refractivity contribution in [2.24, 2.45) is 0 Å². The Balaban J connectivity index is 1.61. The van der Waals surface area contributed by atoms with Gasteiger partial charge in [0.2, 0.25) is 5.91 Å². The van der Waals surface area contributed by atoms with Crippen molar-refractivity contribution < 1.29 is 13.9 Å². The average molecular weight is 431 g/mol. The standard InChI is InChI=1S/C25H25N3O4/c1-14-6-8-18(9-7-14)28-16(3)12-22(27-28)26-23(29)13-19-17(4)24-20(31-5)10-15(2)11-21(24)32-25(19)30/h6-12H,13H2,1-5H3,(H,26,27,29). The lowest BCUT2D eigenvalue weighted by atomic mass is 10.0. The van der Waals surface area contributed by atoms with Crippen LogP contribution in [-0.2, 0) is 11.2 Å². The van der Waals surface area contributed by atoms with Crippen molar-refractivity contribution >= 4 is 22.7 Å². The Bertz CT molecular complexity index is 1380. The number of nitrogens with zero attached hydrogens (tertiary/aromatic N) is 2. The first-order valence-electron chi connectivity index (χ1n) is 10.3. The van der Waals surface area contributed by atoms with Crippen molar-refractivity contribution in [3.8, 4) is 11.4 Å². The van der Waals surface area contributed by atoms with E-state index in [9.17, 15) is 9.59 Å². The Morgan fingerprint density at radius 2 is 1.78 bits per heavy atom. The second kappa shape index (κ2) is 8.34. The summed E-state index contributed by atoms with van der Waals surface area (Å²) in [6, 6.07) is 13.4. The van der Waals surface area contributed by atoms with E-state index >= 15 is 0 Å². The number of aromatic nitrogens is 2. The molecule has 0 aliphatic carbocycles. The molecule has 1 amide bonds. The molecule has 0 atom stereocenters. The highest BCUT2D eigenvalue weighted by Crippen LogP contribution is 2.31. The number of hydrogen-bond donors (Lipinski definition) is 1. The zero-order valence-electron chi connectivity index (χ0n) is 18.8. The minimum Gasteiger partial charge on any atom is -0.496 e. The molecule has 2 aromatic heterocycles. The minimum atomic E-state index is -0.529. The van der Waals surface area contributed by atoms with Gasteiger partial charge in [0, 0.05) is 11.8 Å². The molecule has 0 radical (unpaired) electrons. The zero-order valence-corrected chi connectivity index (χ0v) is 18.8. The van der Waals surface area contributed by atoms with Crippen molar-refractivity contribution in [3.05, 3.63) is 80.8 Å². The van der Waals surface area contributed by atoms with Gasteiger partial charge in [0.25, 0.3) is 0 Å². The minimum absolute atomic E-state index is 0.127. The Morgan fingerprint density at radius 1 is 1.06 bits per heavy atom. The van der Waals surface area contributed by atoms with E-state index in [-0.39, 0.29) is 12.3 Å². The number of carbonyl (C=O) groups is 1. The van der Waals surface area contributed by atoms with E-state index < -0.39 is 5.63 Å². The number of anilines is 1. The lowest BCUT2D eigenvalue weighted by molar-refractivity contribution is -0.115. The van der Waals surface area contributed by atoms with Crippen molar-refractivity contribution in [2.45, 2.75) is 34.1 Å². The van der Waals surface area contributed by atoms with E-state index in [1.165, 1.54) is 0 Å². The average Bonchev–Trinajstić information content (AvgIpc) is 3.10. The SMILES string of the molecule is COc1cc(C)cc2oc(=O)c(CC(=O)Nc3cc(C)n(-c4ccc(C)cc4)n3)c(C)c12. The summed E-state index contributed by atoms with van der Waals surface area (Å²) in [5, 5.41) is 7.97. The van der Waals surface area contributed by atoms with Crippen LogP contribution in [0.25, 0.3) is 16.7 Å². The Morgan fingerprint density at radius 3 is 2.47 bits per heavy atom. The molecular formula is C25H25N3O4. The van der Waals surface area contributed by atoms with Crippen molar-refractivity contribution in [3.63, 3.8) is 0 Å². The summed E-state index contributed by atoms with van der Waals surface area (Å²) >= 11 is 0. The Hall–Kier alpha value is -3.87. The third-order valence-corrected chi connectivity index (χ3v) is 5.48. The first-order chi connectivity index (χ1) is 15.3. The molecule has 0 bridgehead atoms. The van der Waals surface area contributed by atoms with Crippen molar-refractivity contribution in [2.75, 3.05) is 12.4 Å². The van der Waals surface area contributed by atoms with Crippen LogP contribution in [0.2, 0.25) is 0 Å². The van der Waals surface area contributed by atoms with E-state index in [1.54, 1.807) is 30.8 Å². The van der Waals surface area contributed by atoms with Gasteiger partial charge in [-0.1, -0.05) is 17.7 Å². The fourth-order valence-electron chi connectivity index (χ4n) is 3.83. The number of rotatable bonds is 5. The van der Waals surface area contributed by atoms with Gasteiger partial charge in [0.05, 0.1) is 30.2 Å². The molecule has 0 unspecified atom stereocenters. The maximum Gasteiger partial charge on any atom is 0.340 e. The first kappa shape index (κ1) is 21.4. The van der Waals surface area contributed by atoms with Crippen LogP contribution < -0.4 is 15.7 Å². The maximum absolute atomic E-state index is 12.8. The van der Waals surface area contributed by atoms with Crippen LogP contribution in [-0.4, -0.2) is 22.8 Å². The van der Waals surface area contributed by atoms with E-state index in [2.05, 4.69) is 10.4 Å².